The molecular weight excluding hydrogens is 420 g/mol. The zero-order chi connectivity index (χ0) is 23.0. The molecule has 1 aliphatic heterocycles. The molecule has 0 radical (unpaired) electrons. The lowest BCUT2D eigenvalue weighted by Gasteiger charge is -2.39. The highest BCUT2D eigenvalue weighted by Gasteiger charge is 2.46. The molecule has 0 bridgehead atoms. The summed E-state index contributed by atoms with van der Waals surface area (Å²) >= 11 is 0. The number of ether oxygens (including phenoxy) is 3. The first-order valence-corrected chi connectivity index (χ1v) is 9.99. The summed E-state index contributed by atoms with van der Waals surface area (Å²) in [5, 5.41) is 40.9. The predicted molar refractivity (Wildman–Crippen MR) is 114 cm³/mol. The summed E-state index contributed by atoms with van der Waals surface area (Å²) in [5.41, 5.74) is 0.399. The van der Waals surface area contributed by atoms with E-state index < -0.39 is 42.6 Å². The number of aliphatic hydroxyl groups excluding tert-OH is 4. The Morgan fingerprint density at radius 2 is 1.56 bits per heavy atom. The second-order valence-corrected chi connectivity index (χ2v) is 7.51. The van der Waals surface area contributed by atoms with Gasteiger partial charge in [-0.25, -0.2) is 0 Å². The molecule has 5 atom stereocenters. The van der Waals surface area contributed by atoms with Crippen LogP contribution in [0.3, 0.4) is 0 Å². The molecule has 1 fully saturated rings. The van der Waals surface area contributed by atoms with Crippen LogP contribution >= 0.6 is 0 Å². The Morgan fingerprint density at radius 3 is 2.19 bits per heavy atom. The molecule has 1 aromatic heterocycles. The average molecular weight is 444 g/mol. The third kappa shape index (κ3) is 3.74. The molecule has 4 N–H and O–H groups in total. The number of rotatable bonds is 5. The second kappa shape index (κ2) is 8.89. The maximum Gasteiger partial charge on any atom is 0.201 e. The van der Waals surface area contributed by atoms with Crippen molar-refractivity contribution < 1.29 is 39.1 Å². The summed E-state index contributed by atoms with van der Waals surface area (Å²) in [4.78, 5) is 13.6. The predicted octanol–water partition coefficient (Wildman–Crippen LogP) is 0.992. The molecule has 9 nitrogen and oxygen atoms in total. The van der Waals surface area contributed by atoms with Crippen LogP contribution in [0.5, 0.6) is 11.5 Å². The highest BCUT2D eigenvalue weighted by atomic mass is 16.6. The van der Waals surface area contributed by atoms with E-state index in [-0.39, 0.29) is 22.3 Å². The van der Waals surface area contributed by atoms with E-state index in [1.165, 1.54) is 14.2 Å². The van der Waals surface area contributed by atoms with E-state index in [9.17, 15) is 25.2 Å². The lowest BCUT2D eigenvalue weighted by Crippen LogP contribution is -2.55. The highest BCUT2D eigenvalue weighted by Crippen LogP contribution is 2.38. The lowest BCUT2D eigenvalue weighted by molar-refractivity contribution is -0.235. The van der Waals surface area contributed by atoms with E-state index in [1.54, 1.807) is 42.5 Å². The Hall–Kier alpha value is -2.95. The van der Waals surface area contributed by atoms with Crippen LogP contribution in [0.4, 0.5) is 0 Å². The smallest absolute Gasteiger partial charge is 0.201 e. The van der Waals surface area contributed by atoms with Gasteiger partial charge in [-0.3, -0.25) is 4.79 Å². The molecule has 9 heteroatoms. The number of fused-ring (bicyclic) bond motifs is 1. The molecule has 3 aromatic rings. The molecule has 1 unspecified atom stereocenters. The monoisotopic (exact) mass is 444 g/mol. The number of hydrogen-bond donors (Lipinski definition) is 4. The number of hydrogen-bond acceptors (Lipinski definition) is 9. The molecule has 0 spiro atoms. The van der Waals surface area contributed by atoms with E-state index in [4.69, 9.17) is 18.6 Å². The number of methoxy groups -OCH3 is 2. The molecule has 2 heterocycles. The van der Waals surface area contributed by atoms with E-state index in [0.29, 0.717) is 17.1 Å². The SMILES string of the molecule is COc1ccc(-c2c(C3O[C@H](CO)[C@@H](O)[C@H](O)[C@H]3O)oc3ccc(OC)cc3c2=O)cc1. The maximum absolute atomic E-state index is 13.6. The molecule has 4 rings (SSSR count). The summed E-state index contributed by atoms with van der Waals surface area (Å²) in [6.45, 7) is -0.603. The first-order valence-electron chi connectivity index (χ1n) is 9.99. The largest absolute Gasteiger partial charge is 0.497 e. The van der Waals surface area contributed by atoms with Gasteiger partial charge in [-0.1, -0.05) is 12.1 Å². The fourth-order valence-corrected chi connectivity index (χ4v) is 3.87. The molecule has 32 heavy (non-hydrogen) atoms. The van der Waals surface area contributed by atoms with Crippen molar-refractivity contribution in [1.82, 2.24) is 0 Å². The van der Waals surface area contributed by atoms with Crippen LogP contribution in [0.2, 0.25) is 0 Å². The summed E-state index contributed by atoms with van der Waals surface area (Å²) in [5.74, 6) is 1.01. The van der Waals surface area contributed by atoms with E-state index >= 15 is 0 Å². The third-order valence-electron chi connectivity index (χ3n) is 5.65. The third-order valence-corrected chi connectivity index (χ3v) is 5.65. The average Bonchev–Trinajstić information content (AvgIpc) is 2.82. The Balaban J connectivity index is 1.97. The van der Waals surface area contributed by atoms with Crippen molar-refractivity contribution in [1.29, 1.82) is 0 Å². The van der Waals surface area contributed by atoms with E-state index in [0.717, 1.165) is 0 Å². The van der Waals surface area contributed by atoms with Crippen LogP contribution in [-0.2, 0) is 4.74 Å². The van der Waals surface area contributed by atoms with Gasteiger partial charge in [0.1, 0.15) is 53.4 Å². The van der Waals surface area contributed by atoms with Gasteiger partial charge in [0, 0.05) is 0 Å². The lowest BCUT2D eigenvalue weighted by atomic mass is 9.90. The van der Waals surface area contributed by atoms with Crippen molar-refractivity contribution in [2.24, 2.45) is 0 Å². The Kier molecular flexibility index (Phi) is 6.18. The highest BCUT2D eigenvalue weighted by molar-refractivity contribution is 5.84. The van der Waals surface area contributed by atoms with Crippen molar-refractivity contribution >= 4 is 11.0 Å². The van der Waals surface area contributed by atoms with Gasteiger partial charge in [0.25, 0.3) is 0 Å². The van der Waals surface area contributed by atoms with Crippen molar-refractivity contribution in [3.8, 4) is 22.6 Å². The minimum absolute atomic E-state index is 0.0327. The standard InChI is InChI=1S/C23H24O9/c1-29-12-5-3-11(4-6-12)17-18(25)14-9-13(30-2)7-8-15(14)31-22(17)23-21(28)20(27)19(26)16(10-24)32-23/h3-9,16,19-21,23-24,26-28H,10H2,1-2H3/t16-,19-,20+,21-,23?/m1/s1. The van der Waals surface area contributed by atoms with Crippen LogP contribution in [-0.4, -0.2) is 65.7 Å². The van der Waals surface area contributed by atoms with Gasteiger partial charge < -0.3 is 39.1 Å². The van der Waals surface area contributed by atoms with E-state index in [2.05, 4.69) is 0 Å². The molecule has 0 amide bonds. The van der Waals surface area contributed by atoms with Gasteiger partial charge in [0.15, 0.2) is 0 Å². The van der Waals surface area contributed by atoms with E-state index in [1.807, 2.05) is 0 Å². The summed E-state index contributed by atoms with van der Waals surface area (Å²) in [6.07, 6.45) is -7.23. The van der Waals surface area contributed by atoms with Gasteiger partial charge >= 0.3 is 0 Å². The Morgan fingerprint density at radius 1 is 0.906 bits per heavy atom. The Bertz CT molecular complexity index is 1150. The molecule has 1 saturated heterocycles. The molecule has 1 aliphatic rings. The number of benzene rings is 2. The quantitative estimate of drug-likeness (QED) is 0.454. The van der Waals surface area contributed by atoms with Gasteiger partial charge in [-0.2, -0.15) is 0 Å². The van der Waals surface area contributed by atoms with Crippen LogP contribution in [0.25, 0.3) is 22.1 Å². The summed E-state index contributed by atoms with van der Waals surface area (Å²) in [6, 6.07) is 11.4. The van der Waals surface area contributed by atoms with Crippen LogP contribution in [0.15, 0.2) is 51.7 Å². The zero-order valence-electron chi connectivity index (χ0n) is 17.5. The van der Waals surface area contributed by atoms with Crippen LogP contribution < -0.4 is 14.9 Å². The fourth-order valence-electron chi connectivity index (χ4n) is 3.87. The first-order chi connectivity index (χ1) is 15.4. The molecule has 2 aromatic carbocycles. The van der Waals surface area contributed by atoms with Gasteiger partial charge in [0.05, 0.1) is 31.8 Å². The van der Waals surface area contributed by atoms with Crippen molar-refractivity contribution in [3.63, 3.8) is 0 Å². The van der Waals surface area contributed by atoms with Crippen molar-refractivity contribution in [3.05, 3.63) is 58.4 Å². The van der Waals surface area contributed by atoms with Crippen LogP contribution in [0, 0.1) is 0 Å². The van der Waals surface area contributed by atoms with Crippen LogP contribution in [0.1, 0.15) is 11.9 Å². The van der Waals surface area contributed by atoms with Gasteiger partial charge in [-0.15, -0.1) is 0 Å². The molecule has 170 valence electrons. The van der Waals surface area contributed by atoms with Crippen molar-refractivity contribution in [2.45, 2.75) is 30.5 Å². The normalized spacial score (nSPS) is 25.6. The molecule has 0 saturated carbocycles. The molecule has 0 aliphatic carbocycles. The Labute approximate surface area is 183 Å². The first kappa shape index (κ1) is 22.3. The minimum atomic E-state index is -1.62. The summed E-state index contributed by atoms with van der Waals surface area (Å²) in [7, 11) is 3.00. The zero-order valence-corrected chi connectivity index (χ0v) is 17.5. The number of aliphatic hydroxyl groups is 4. The van der Waals surface area contributed by atoms with Crippen molar-refractivity contribution in [2.75, 3.05) is 20.8 Å². The molecular formula is C23H24O9. The summed E-state index contributed by atoms with van der Waals surface area (Å²) < 4.78 is 22.1. The maximum atomic E-state index is 13.6. The van der Waals surface area contributed by atoms with Gasteiger partial charge in [-0.05, 0) is 35.9 Å². The fraction of sp³-hybridized carbons (Fsp3) is 0.348. The topological polar surface area (TPSA) is 139 Å². The minimum Gasteiger partial charge on any atom is -0.497 e. The van der Waals surface area contributed by atoms with Gasteiger partial charge in [0.2, 0.25) is 5.43 Å². The second-order valence-electron chi connectivity index (χ2n) is 7.51.